The smallest absolute Gasteiger partial charge is 0.258 e. The maximum atomic E-state index is 12.2. The van der Waals surface area contributed by atoms with Gasteiger partial charge in [-0.25, -0.2) is 12.7 Å². The topological polar surface area (TPSA) is 110 Å². The zero-order valence-electron chi connectivity index (χ0n) is 12.4. The number of aromatic nitrogens is 1. The van der Waals surface area contributed by atoms with E-state index in [1.807, 2.05) is 0 Å². The van der Waals surface area contributed by atoms with Crippen LogP contribution in [0.2, 0.25) is 5.02 Å². The van der Waals surface area contributed by atoms with Gasteiger partial charge in [0.25, 0.3) is 5.91 Å². The monoisotopic (exact) mass is 369 g/mol. The number of nitrogens with one attached hydrogen (secondary N) is 1. The molecule has 0 atom stereocenters. The van der Waals surface area contributed by atoms with Crippen LogP contribution < -0.4 is 9.62 Å². The summed E-state index contributed by atoms with van der Waals surface area (Å²) in [6, 6.07) is 5.51. The number of carbonyl (C=O) groups excluding carboxylic acids is 2. The van der Waals surface area contributed by atoms with E-state index >= 15 is 0 Å². The standard InChI is InChI=1S/C14H12ClN3O5S/c1-8-6-12(17-23-8)16-14(20)10-3-2-9(7-11(10)15)18-13(19)4-5-24(18,21)22/h2-3,6-7H,4-5H2,1H3,(H,16,17,20). The van der Waals surface area contributed by atoms with E-state index in [2.05, 4.69) is 10.5 Å². The van der Waals surface area contributed by atoms with Gasteiger partial charge >= 0.3 is 0 Å². The van der Waals surface area contributed by atoms with Crippen molar-refractivity contribution in [1.82, 2.24) is 5.16 Å². The van der Waals surface area contributed by atoms with Gasteiger partial charge in [0.2, 0.25) is 15.9 Å². The van der Waals surface area contributed by atoms with Crippen molar-refractivity contribution >= 4 is 44.9 Å². The van der Waals surface area contributed by atoms with Crippen LogP contribution in [0, 0.1) is 6.92 Å². The summed E-state index contributed by atoms with van der Waals surface area (Å²) in [5.41, 5.74) is 0.224. The van der Waals surface area contributed by atoms with Gasteiger partial charge in [-0.1, -0.05) is 16.8 Å². The molecule has 2 amide bonds. The van der Waals surface area contributed by atoms with Crippen LogP contribution in [-0.2, 0) is 14.8 Å². The molecule has 0 saturated carbocycles. The molecule has 10 heteroatoms. The largest absolute Gasteiger partial charge is 0.360 e. The number of nitrogens with zero attached hydrogens (tertiary/aromatic N) is 2. The van der Waals surface area contributed by atoms with Crippen LogP contribution in [0.15, 0.2) is 28.8 Å². The van der Waals surface area contributed by atoms with E-state index in [1.165, 1.54) is 24.3 Å². The molecular formula is C14H12ClN3O5S. The molecule has 1 aromatic heterocycles. The molecule has 0 spiro atoms. The number of amides is 2. The maximum absolute atomic E-state index is 12.2. The lowest BCUT2D eigenvalue weighted by atomic mass is 10.2. The summed E-state index contributed by atoms with van der Waals surface area (Å²) in [4.78, 5) is 24.0. The number of anilines is 2. The van der Waals surface area contributed by atoms with Crippen LogP contribution in [0.25, 0.3) is 0 Å². The molecule has 0 aliphatic carbocycles. The Balaban J connectivity index is 1.87. The summed E-state index contributed by atoms with van der Waals surface area (Å²) in [7, 11) is -3.68. The lowest BCUT2D eigenvalue weighted by Crippen LogP contribution is -2.29. The van der Waals surface area contributed by atoms with Crippen LogP contribution in [0.3, 0.4) is 0 Å². The Morgan fingerprint density at radius 3 is 2.67 bits per heavy atom. The van der Waals surface area contributed by atoms with Gasteiger partial charge in [0.1, 0.15) is 5.76 Å². The fraction of sp³-hybridized carbons (Fsp3) is 0.214. The average Bonchev–Trinajstić information content (AvgIpc) is 3.01. The molecule has 24 heavy (non-hydrogen) atoms. The molecule has 1 aromatic carbocycles. The number of benzene rings is 1. The van der Waals surface area contributed by atoms with Gasteiger partial charge in [0, 0.05) is 12.5 Å². The molecule has 1 saturated heterocycles. The number of sulfonamides is 1. The molecule has 126 valence electrons. The minimum Gasteiger partial charge on any atom is -0.360 e. The SMILES string of the molecule is Cc1cc(NC(=O)c2ccc(N3C(=O)CCS3(=O)=O)cc2Cl)no1. The Labute approximate surface area is 142 Å². The van der Waals surface area contributed by atoms with Crippen molar-refractivity contribution < 1.29 is 22.5 Å². The van der Waals surface area contributed by atoms with Gasteiger partial charge in [-0.05, 0) is 25.1 Å². The van der Waals surface area contributed by atoms with Crippen LogP contribution >= 0.6 is 11.6 Å². The van der Waals surface area contributed by atoms with E-state index in [0.29, 0.717) is 10.1 Å². The zero-order valence-corrected chi connectivity index (χ0v) is 14.0. The van der Waals surface area contributed by atoms with E-state index in [4.69, 9.17) is 16.1 Å². The predicted molar refractivity (Wildman–Crippen MR) is 86.5 cm³/mol. The summed E-state index contributed by atoms with van der Waals surface area (Å²) in [5.74, 6) is -0.534. The molecule has 0 bridgehead atoms. The lowest BCUT2D eigenvalue weighted by molar-refractivity contribution is -0.116. The summed E-state index contributed by atoms with van der Waals surface area (Å²) in [5, 5.41) is 6.16. The van der Waals surface area contributed by atoms with E-state index in [1.54, 1.807) is 6.92 Å². The zero-order chi connectivity index (χ0) is 17.5. The highest BCUT2D eigenvalue weighted by atomic mass is 35.5. The molecule has 1 aliphatic heterocycles. The van der Waals surface area contributed by atoms with Crippen molar-refractivity contribution in [1.29, 1.82) is 0 Å². The normalized spacial score (nSPS) is 16.4. The maximum Gasteiger partial charge on any atom is 0.258 e. The second kappa shape index (κ2) is 5.91. The van der Waals surface area contributed by atoms with E-state index in [-0.39, 0.29) is 34.3 Å². The lowest BCUT2D eigenvalue weighted by Gasteiger charge is -2.16. The Kier molecular flexibility index (Phi) is 4.06. The summed E-state index contributed by atoms with van der Waals surface area (Å²) >= 11 is 6.08. The highest BCUT2D eigenvalue weighted by Crippen LogP contribution is 2.29. The number of halogens is 1. The minimum absolute atomic E-state index is 0.0140. The molecule has 2 heterocycles. The highest BCUT2D eigenvalue weighted by molar-refractivity contribution is 7.94. The predicted octanol–water partition coefficient (Wildman–Crippen LogP) is 1.96. The van der Waals surface area contributed by atoms with E-state index in [0.717, 1.165) is 0 Å². The van der Waals surface area contributed by atoms with E-state index < -0.39 is 21.8 Å². The fourth-order valence-corrected chi connectivity index (χ4v) is 4.00. The number of carbonyl (C=O) groups is 2. The quantitative estimate of drug-likeness (QED) is 0.885. The van der Waals surface area contributed by atoms with Gasteiger partial charge in [-0.2, -0.15) is 0 Å². The average molecular weight is 370 g/mol. The minimum atomic E-state index is -3.68. The summed E-state index contributed by atoms with van der Waals surface area (Å²) < 4.78 is 29.4. The van der Waals surface area contributed by atoms with Crippen molar-refractivity contribution in [2.45, 2.75) is 13.3 Å². The van der Waals surface area contributed by atoms with Gasteiger partial charge < -0.3 is 9.84 Å². The van der Waals surface area contributed by atoms with Gasteiger partial charge in [-0.3, -0.25) is 9.59 Å². The second-order valence-corrected chi connectivity index (χ2v) is 7.51. The van der Waals surface area contributed by atoms with Crippen LogP contribution in [0.5, 0.6) is 0 Å². The number of aryl methyl sites for hydroxylation is 1. The van der Waals surface area contributed by atoms with Gasteiger partial charge in [0.15, 0.2) is 5.82 Å². The van der Waals surface area contributed by atoms with Gasteiger partial charge in [-0.15, -0.1) is 0 Å². The first-order valence-electron chi connectivity index (χ1n) is 6.88. The molecule has 3 rings (SSSR count). The van der Waals surface area contributed by atoms with Gasteiger partial charge in [0.05, 0.1) is 22.0 Å². The summed E-state index contributed by atoms with van der Waals surface area (Å²) in [6.45, 7) is 1.68. The van der Waals surface area contributed by atoms with E-state index in [9.17, 15) is 18.0 Å². The number of hydrogen-bond donors (Lipinski definition) is 1. The Morgan fingerprint density at radius 1 is 1.38 bits per heavy atom. The number of hydrogen-bond acceptors (Lipinski definition) is 6. The molecule has 1 aliphatic rings. The first-order chi connectivity index (χ1) is 11.3. The second-order valence-electron chi connectivity index (χ2n) is 5.17. The number of rotatable bonds is 3. The Bertz CT molecular complexity index is 938. The molecule has 8 nitrogen and oxygen atoms in total. The van der Waals surface area contributed by atoms with Crippen LogP contribution in [0.1, 0.15) is 22.5 Å². The third-order valence-corrected chi connectivity index (χ3v) is 5.38. The third kappa shape index (κ3) is 3.00. The van der Waals surface area contributed by atoms with Crippen molar-refractivity contribution in [2.75, 3.05) is 15.4 Å². The third-order valence-electron chi connectivity index (χ3n) is 3.38. The first kappa shape index (κ1) is 16.5. The Hall–Kier alpha value is -2.39. The Morgan fingerprint density at radius 2 is 2.12 bits per heavy atom. The van der Waals surface area contributed by atoms with Crippen molar-refractivity contribution in [3.63, 3.8) is 0 Å². The molecule has 0 radical (unpaired) electrons. The fourth-order valence-electron chi connectivity index (χ4n) is 2.29. The highest BCUT2D eigenvalue weighted by Gasteiger charge is 2.36. The van der Waals surface area contributed by atoms with Crippen LogP contribution in [0.4, 0.5) is 11.5 Å². The summed E-state index contributed by atoms with van der Waals surface area (Å²) in [6.07, 6.45) is -0.0757. The molecule has 1 fully saturated rings. The molecule has 2 aromatic rings. The van der Waals surface area contributed by atoms with Crippen molar-refractivity contribution in [3.05, 3.63) is 40.6 Å². The molecule has 1 N–H and O–H groups in total. The molecular weight excluding hydrogens is 358 g/mol. The van der Waals surface area contributed by atoms with Crippen LogP contribution in [-0.4, -0.2) is 31.1 Å². The molecule has 0 unspecified atom stereocenters. The first-order valence-corrected chi connectivity index (χ1v) is 8.87. The van der Waals surface area contributed by atoms with Crippen molar-refractivity contribution in [2.24, 2.45) is 0 Å². The van der Waals surface area contributed by atoms with Crippen molar-refractivity contribution in [3.8, 4) is 0 Å².